The molecule has 3 heteroatoms. The van der Waals surface area contributed by atoms with E-state index in [1.165, 1.54) is 116 Å². The molecule has 0 saturated heterocycles. The van der Waals surface area contributed by atoms with Gasteiger partial charge in [0.1, 0.15) is 0 Å². The van der Waals surface area contributed by atoms with E-state index in [2.05, 4.69) is 26.0 Å². The van der Waals surface area contributed by atoms with Gasteiger partial charge in [-0.05, 0) is 137 Å². The Labute approximate surface area is 254 Å². The van der Waals surface area contributed by atoms with Gasteiger partial charge in [-0.1, -0.05) is 65.2 Å². The lowest BCUT2D eigenvalue weighted by Crippen LogP contribution is -2.32. The van der Waals surface area contributed by atoms with Crippen molar-refractivity contribution in [1.29, 1.82) is 10.5 Å². The second kappa shape index (κ2) is 17.9. The number of rotatable bonds is 14. The fourth-order valence-corrected chi connectivity index (χ4v) is 10.2. The van der Waals surface area contributed by atoms with E-state index >= 15 is 0 Å². The van der Waals surface area contributed by atoms with Crippen molar-refractivity contribution in [2.24, 2.45) is 59.2 Å². The zero-order valence-electron chi connectivity index (χ0n) is 27.0. The largest absolute Gasteiger partial charge is 0.381 e. The van der Waals surface area contributed by atoms with Crippen LogP contribution in [0.1, 0.15) is 155 Å². The Morgan fingerprint density at radius 1 is 0.512 bits per heavy atom. The molecular formula is C38H64N2O. The lowest BCUT2D eigenvalue weighted by molar-refractivity contribution is 0.0397. The molecule has 2 unspecified atom stereocenters. The van der Waals surface area contributed by atoms with E-state index in [0.717, 1.165) is 86.2 Å². The molecule has 0 aromatic rings. The van der Waals surface area contributed by atoms with Crippen molar-refractivity contribution in [3.63, 3.8) is 0 Å². The predicted octanol–water partition coefficient (Wildman–Crippen LogP) is 10.9. The van der Waals surface area contributed by atoms with E-state index in [-0.39, 0.29) is 0 Å². The van der Waals surface area contributed by atoms with Gasteiger partial charge >= 0.3 is 0 Å². The van der Waals surface area contributed by atoms with Crippen LogP contribution in [0.4, 0.5) is 0 Å². The summed E-state index contributed by atoms with van der Waals surface area (Å²) < 4.78 is 6.56. The molecule has 4 fully saturated rings. The second-order valence-corrected chi connectivity index (χ2v) is 15.1. The SMILES string of the molecule is CCC[C@H]1CC[C@H](C(CCOCCC([C@H]2CC[C@H](C#N)CC2)[C@H]2CC[C@H](CCC)CC2)[C@H]2CC[C@H](C#N)CC2)CC1. The van der Waals surface area contributed by atoms with Gasteiger partial charge in [0.15, 0.2) is 0 Å². The Balaban J connectivity index is 1.28. The monoisotopic (exact) mass is 565 g/mol. The molecule has 4 aliphatic rings. The van der Waals surface area contributed by atoms with Crippen LogP contribution >= 0.6 is 0 Å². The van der Waals surface area contributed by atoms with Gasteiger partial charge in [-0.2, -0.15) is 10.5 Å². The van der Waals surface area contributed by atoms with E-state index in [9.17, 15) is 10.5 Å². The van der Waals surface area contributed by atoms with Crippen molar-refractivity contribution in [1.82, 2.24) is 0 Å². The average Bonchev–Trinajstić information content (AvgIpc) is 3.02. The Hall–Kier alpha value is -1.06. The number of hydrogen-bond acceptors (Lipinski definition) is 3. The van der Waals surface area contributed by atoms with Crippen molar-refractivity contribution in [3.8, 4) is 12.1 Å². The molecule has 0 spiro atoms. The molecule has 4 aliphatic carbocycles. The number of ether oxygens (including phenoxy) is 1. The number of hydrogen-bond donors (Lipinski definition) is 0. The Morgan fingerprint density at radius 3 is 1.12 bits per heavy atom. The molecule has 0 N–H and O–H groups in total. The third-order valence-electron chi connectivity index (χ3n) is 12.7. The summed E-state index contributed by atoms with van der Waals surface area (Å²) in [6, 6.07) is 5.12. The molecule has 3 nitrogen and oxygen atoms in total. The third kappa shape index (κ3) is 9.99. The Morgan fingerprint density at radius 2 is 0.829 bits per heavy atom. The van der Waals surface area contributed by atoms with Gasteiger partial charge in [0, 0.05) is 25.0 Å². The van der Waals surface area contributed by atoms with E-state index in [4.69, 9.17) is 4.74 Å². The van der Waals surface area contributed by atoms with E-state index in [1.54, 1.807) is 0 Å². The van der Waals surface area contributed by atoms with Crippen LogP contribution in [-0.2, 0) is 4.74 Å². The summed E-state index contributed by atoms with van der Waals surface area (Å²) in [5.74, 6) is 7.58. The maximum atomic E-state index is 9.46. The first-order valence-corrected chi connectivity index (χ1v) is 18.5. The smallest absolute Gasteiger partial charge is 0.0655 e. The lowest BCUT2D eigenvalue weighted by Gasteiger charge is -2.41. The standard InChI is InChI=1S/C38H64N2O/c1-3-5-29-7-15-33(16-8-29)37(35-19-11-31(27-39)12-20-35)23-25-41-26-24-38(36-21-13-32(28-40)14-22-36)34-17-9-30(6-4-2)10-18-34/h29-38H,3-26H2,1-2H3/t29-,30-,31-,32-,33-,34-,35-,36-,37?,38?. The average molecular weight is 565 g/mol. The van der Waals surface area contributed by atoms with Gasteiger partial charge in [0.25, 0.3) is 0 Å². The summed E-state index contributed by atoms with van der Waals surface area (Å²) in [6.07, 6.45) is 29.1. The molecule has 0 aliphatic heterocycles. The molecule has 0 aromatic carbocycles. The van der Waals surface area contributed by atoms with E-state index in [1.807, 2.05) is 0 Å². The topological polar surface area (TPSA) is 56.8 Å². The summed E-state index contributed by atoms with van der Waals surface area (Å²) >= 11 is 0. The fourth-order valence-electron chi connectivity index (χ4n) is 10.2. The summed E-state index contributed by atoms with van der Waals surface area (Å²) in [5.41, 5.74) is 0. The highest BCUT2D eigenvalue weighted by Gasteiger charge is 2.36. The highest BCUT2D eigenvalue weighted by molar-refractivity contribution is 4.92. The normalized spacial score (nSPS) is 36.1. The van der Waals surface area contributed by atoms with Gasteiger partial charge in [0.2, 0.25) is 0 Å². The molecule has 232 valence electrons. The summed E-state index contributed by atoms with van der Waals surface area (Å²) in [4.78, 5) is 0. The van der Waals surface area contributed by atoms with Crippen LogP contribution < -0.4 is 0 Å². The summed E-state index contributed by atoms with van der Waals surface area (Å²) in [6.45, 7) is 6.57. The van der Waals surface area contributed by atoms with Gasteiger partial charge in [-0.15, -0.1) is 0 Å². The summed E-state index contributed by atoms with van der Waals surface area (Å²) in [7, 11) is 0. The van der Waals surface area contributed by atoms with Crippen molar-refractivity contribution in [2.75, 3.05) is 13.2 Å². The zero-order valence-corrected chi connectivity index (χ0v) is 27.0. The molecule has 0 radical (unpaired) electrons. The van der Waals surface area contributed by atoms with Crippen LogP contribution in [0.15, 0.2) is 0 Å². The molecule has 0 aromatic heterocycles. The molecule has 2 atom stereocenters. The van der Waals surface area contributed by atoms with Crippen molar-refractivity contribution < 1.29 is 4.74 Å². The third-order valence-corrected chi connectivity index (χ3v) is 12.7. The second-order valence-electron chi connectivity index (χ2n) is 15.1. The molecule has 0 heterocycles. The number of nitriles is 2. The van der Waals surface area contributed by atoms with Crippen LogP contribution in [-0.4, -0.2) is 13.2 Å². The van der Waals surface area contributed by atoms with Crippen molar-refractivity contribution in [3.05, 3.63) is 0 Å². The van der Waals surface area contributed by atoms with Crippen molar-refractivity contribution in [2.45, 2.75) is 155 Å². The molecule has 0 amide bonds. The Bertz CT molecular complexity index is 714. The first kappa shape index (κ1) is 32.8. The minimum Gasteiger partial charge on any atom is -0.381 e. The van der Waals surface area contributed by atoms with Crippen LogP contribution in [0.5, 0.6) is 0 Å². The molecule has 4 saturated carbocycles. The van der Waals surface area contributed by atoms with Crippen molar-refractivity contribution >= 4 is 0 Å². The molecular weight excluding hydrogens is 500 g/mol. The van der Waals surface area contributed by atoms with Gasteiger partial charge in [-0.3, -0.25) is 0 Å². The highest BCUT2D eigenvalue weighted by Crippen LogP contribution is 2.46. The quantitative estimate of drug-likeness (QED) is 0.197. The van der Waals surface area contributed by atoms with Crippen LogP contribution in [0, 0.1) is 81.8 Å². The van der Waals surface area contributed by atoms with Crippen LogP contribution in [0.3, 0.4) is 0 Å². The Kier molecular flexibility index (Phi) is 14.3. The molecule has 4 rings (SSSR count). The molecule has 0 bridgehead atoms. The van der Waals surface area contributed by atoms with E-state index < -0.39 is 0 Å². The first-order valence-electron chi connectivity index (χ1n) is 18.5. The van der Waals surface area contributed by atoms with Gasteiger partial charge in [-0.25, -0.2) is 0 Å². The van der Waals surface area contributed by atoms with Gasteiger partial charge in [0.05, 0.1) is 12.1 Å². The minimum absolute atomic E-state index is 0.306. The summed E-state index contributed by atoms with van der Waals surface area (Å²) in [5, 5.41) is 18.9. The maximum absolute atomic E-state index is 9.46. The minimum atomic E-state index is 0.306. The lowest BCUT2D eigenvalue weighted by atomic mass is 9.65. The molecule has 41 heavy (non-hydrogen) atoms. The zero-order chi connectivity index (χ0) is 28.9. The first-order chi connectivity index (χ1) is 20.1. The van der Waals surface area contributed by atoms with E-state index in [0.29, 0.717) is 11.8 Å². The maximum Gasteiger partial charge on any atom is 0.0655 e. The van der Waals surface area contributed by atoms with Crippen LogP contribution in [0.25, 0.3) is 0 Å². The fraction of sp³-hybridized carbons (Fsp3) is 0.947. The predicted molar refractivity (Wildman–Crippen MR) is 170 cm³/mol. The van der Waals surface area contributed by atoms with Crippen LogP contribution in [0.2, 0.25) is 0 Å². The van der Waals surface area contributed by atoms with Gasteiger partial charge < -0.3 is 4.74 Å². The number of nitrogens with zero attached hydrogens (tertiary/aromatic N) is 2. The highest BCUT2D eigenvalue weighted by atomic mass is 16.5.